The molecule has 4 nitrogen and oxygen atoms in total. The molecule has 1 heterocycles. The predicted octanol–water partition coefficient (Wildman–Crippen LogP) is 3.13. The van der Waals surface area contributed by atoms with Crippen molar-refractivity contribution in [3.63, 3.8) is 0 Å². The molecule has 1 N–H and O–H groups in total. The van der Waals surface area contributed by atoms with E-state index in [-0.39, 0.29) is 5.92 Å². The number of allylic oxidation sites excluding steroid dienone is 2. The third kappa shape index (κ3) is 3.63. The first kappa shape index (κ1) is 15.8. The highest BCUT2D eigenvalue weighted by atomic mass is 16.4. The molecular formula is C19H23NO3. The minimum atomic E-state index is -0.859. The van der Waals surface area contributed by atoms with Gasteiger partial charge in [0, 0.05) is 19.0 Å². The van der Waals surface area contributed by atoms with Crippen LogP contribution in [-0.2, 0) is 11.2 Å². The Morgan fingerprint density at radius 1 is 1.09 bits per heavy atom. The van der Waals surface area contributed by atoms with Crippen LogP contribution in [0.25, 0.3) is 0 Å². The van der Waals surface area contributed by atoms with Crippen molar-refractivity contribution in [1.82, 2.24) is 4.90 Å². The highest BCUT2D eigenvalue weighted by molar-refractivity contribution is 5.89. The second kappa shape index (κ2) is 6.99. The second-order valence-corrected chi connectivity index (χ2v) is 6.57. The summed E-state index contributed by atoms with van der Waals surface area (Å²) in [5.74, 6) is 0.0434. The van der Waals surface area contributed by atoms with Gasteiger partial charge in [0.05, 0.1) is 5.56 Å². The number of amides is 1. The van der Waals surface area contributed by atoms with E-state index in [0.29, 0.717) is 17.4 Å². The largest absolute Gasteiger partial charge is 0.478 e. The Labute approximate surface area is 136 Å². The van der Waals surface area contributed by atoms with Crippen molar-refractivity contribution < 1.29 is 14.7 Å². The number of piperidine rings is 1. The molecule has 0 spiro atoms. The fraction of sp³-hybridized carbons (Fsp3) is 0.474. The number of hydrogen-bond acceptors (Lipinski definition) is 2. The zero-order chi connectivity index (χ0) is 16.2. The van der Waals surface area contributed by atoms with E-state index in [1.807, 2.05) is 17.0 Å². The molecule has 1 aromatic carbocycles. The van der Waals surface area contributed by atoms with Crippen molar-refractivity contribution >= 4 is 11.9 Å². The molecule has 0 atom stereocenters. The highest BCUT2D eigenvalue weighted by Gasteiger charge is 2.28. The van der Waals surface area contributed by atoms with E-state index in [0.717, 1.165) is 50.8 Å². The molecule has 4 heteroatoms. The third-order valence-corrected chi connectivity index (χ3v) is 5.04. The number of aromatic carboxylic acids is 1. The number of carbonyl (C=O) groups excluding carboxylic acids is 1. The molecule has 3 rings (SSSR count). The Kier molecular flexibility index (Phi) is 4.79. The van der Waals surface area contributed by atoms with E-state index >= 15 is 0 Å². The number of rotatable bonds is 4. The minimum absolute atomic E-state index is 0.152. The van der Waals surface area contributed by atoms with Gasteiger partial charge in [-0.3, -0.25) is 4.79 Å². The fourth-order valence-corrected chi connectivity index (χ4v) is 3.65. The van der Waals surface area contributed by atoms with Crippen LogP contribution in [0.5, 0.6) is 0 Å². The van der Waals surface area contributed by atoms with Crippen molar-refractivity contribution in [3.05, 3.63) is 47.5 Å². The molecule has 2 aliphatic rings. The first-order valence-electron chi connectivity index (χ1n) is 8.40. The van der Waals surface area contributed by atoms with Crippen molar-refractivity contribution in [2.24, 2.45) is 11.8 Å². The summed E-state index contributed by atoms with van der Waals surface area (Å²) in [5.41, 5.74) is 1.31. The minimum Gasteiger partial charge on any atom is -0.478 e. The van der Waals surface area contributed by atoms with Crippen molar-refractivity contribution in [3.8, 4) is 0 Å². The molecule has 1 saturated heterocycles. The van der Waals surface area contributed by atoms with Crippen LogP contribution in [0.15, 0.2) is 36.4 Å². The number of carboxylic acid groups (broad SMARTS) is 1. The summed E-state index contributed by atoms with van der Waals surface area (Å²) < 4.78 is 0. The van der Waals surface area contributed by atoms with Gasteiger partial charge in [-0.25, -0.2) is 4.79 Å². The average molecular weight is 313 g/mol. The van der Waals surface area contributed by atoms with E-state index < -0.39 is 5.97 Å². The van der Waals surface area contributed by atoms with Crippen molar-refractivity contribution in [2.75, 3.05) is 13.1 Å². The van der Waals surface area contributed by atoms with Gasteiger partial charge in [0.25, 0.3) is 0 Å². The number of hydrogen-bond donors (Lipinski definition) is 1. The van der Waals surface area contributed by atoms with Crippen LogP contribution in [0.4, 0.5) is 0 Å². The number of nitrogens with zero attached hydrogens (tertiary/aromatic N) is 1. The topological polar surface area (TPSA) is 57.6 Å². The van der Waals surface area contributed by atoms with Crippen LogP contribution in [0.3, 0.4) is 0 Å². The Balaban J connectivity index is 1.55. The summed E-state index contributed by atoms with van der Waals surface area (Å²) in [4.78, 5) is 25.7. The van der Waals surface area contributed by atoms with E-state index in [4.69, 9.17) is 0 Å². The maximum absolute atomic E-state index is 12.4. The Bertz CT molecular complexity index is 607. The standard InChI is InChI=1S/C19H23NO3/c21-18(15-5-1-2-6-15)20-11-9-14(10-12-20)13-16-7-3-4-8-17(16)19(22)23/h1-4,7-8,14-15H,5-6,9-13H2,(H,22,23). The van der Waals surface area contributed by atoms with Gasteiger partial charge in [0.2, 0.25) is 5.91 Å². The molecule has 0 saturated carbocycles. The Morgan fingerprint density at radius 3 is 2.39 bits per heavy atom. The SMILES string of the molecule is O=C(O)c1ccccc1CC1CCN(C(=O)C2CC=CC2)CC1. The first-order valence-corrected chi connectivity index (χ1v) is 8.40. The molecule has 122 valence electrons. The molecule has 1 aromatic rings. The van der Waals surface area contributed by atoms with E-state index in [2.05, 4.69) is 12.2 Å². The molecule has 23 heavy (non-hydrogen) atoms. The molecule has 1 aliphatic carbocycles. The maximum atomic E-state index is 12.4. The van der Waals surface area contributed by atoms with Crippen LogP contribution in [0.2, 0.25) is 0 Å². The van der Waals surface area contributed by atoms with Crippen LogP contribution in [0, 0.1) is 11.8 Å². The number of likely N-dealkylation sites (tertiary alicyclic amines) is 1. The van der Waals surface area contributed by atoms with E-state index in [1.165, 1.54) is 0 Å². The van der Waals surface area contributed by atoms with Gasteiger partial charge in [-0.1, -0.05) is 30.4 Å². The van der Waals surface area contributed by atoms with E-state index in [9.17, 15) is 14.7 Å². The van der Waals surface area contributed by atoms with Gasteiger partial charge < -0.3 is 10.0 Å². The summed E-state index contributed by atoms with van der Waals surface area (Å²) in [6, 6.07) is 7.24. The summed E-state index contributed by atoms with van der Waals surface area (Å²) in [6.07, 6.45) is 8.65. The average Bonchev–Trinajstić information content (AvgIpc) is 3.10. The molecule has 0 bridgehead atoms. The molecule has 1 amide bonds. The normalized spacial score (nSPS) is 19.2. The lowest BCUT2D eigenvalue weighted by atomic mass is 9.88. The summed E-state index contributed by atoms with van der Waals surface area (Å²) in [5, 5.41) is 9.27. The van der Waals surface area contributed by atoms with Crippen LogP contribution in [-0.4, -0.2) is 35.0 Å². The summed E-state index contributed by atoms with van der Waals surface area (Å²) in [7, 11) is 0. The zero-order valence-electron chi connectivity index (χ0n) is 13.3. The fourth-order valence-electron chi connectivity index (χ4n) is 3.65. The molecule has 1 fully saturated rings. The van der Waals surface area contributed by atoms with Gasteiger partial charge in [0.15, 0.2) is 0 Å². The Morgan fingerprint density at radius 2 is 1.74 bits per heavy atom. The monoisotopic (exact) mass is 313 g/mol. The van der Waals surface area contributed by atoms with Gasteiger partial charge in [-0.2, -0.15) is 0 Å². The van der Waals surface area contributed by atoms with Crippen LogP contribution >= 0.6 is 0 Å². The molecule has 0 radical (unpaired) electrons. The smallest absolute Gasteiger partial charge is 0.335 e. The molecular weight excluding hydrogens is 290 g/mol. The predicted molar refractivity (Wildman–Crippen MR) is 88.3 cm³/mol. The van der Waals surface area contributed by atoms with Crippen molar-refractivity contribution in [1.29, 1.82) is 0 Å². The number of benzene rings is 1. The second-order valence-electron chi connectivity index (χ2n) is 6.57. The lowest BCUT2D eigenvalue weighted by molar-refractivity contribution is -0.136. The third-order valence-electron chi connectivity index (χ3n) is 5.04. The molecule has 0 unspecified atom stereocenters. The van der Waals surface area contributed by atoms with Crippen LogP contribution < -0.4 is 0 Å². The lowest BCUT2D eigenvalue weighted by Crippen LogP contribution is -2.41. The zero-order valence-corrected chi connectivity index (χ0v) is 13.3. The van der Waals surface area contributed by atoms with Crippen molar-refractivity contribution in [2.45, 2.75) is 32.1 Å². The van der Waals surface area contributed by atoms with Crippen LogP contribution in [0.1, 0.15) is 41.6 Å². The highest BCUT2D eigenvalue weighted by Crippen LogP contribution is 2.27. The molecule has 1 aliphatic heterocycles. The number of carbonyl (C=O) groups is 2. The van der Waals surface area contributed by atoms with Gasteiger partial charge in [0.1, 0.15) is 0 Å². The van der Waals surface area contributed by atoms with Gasteiger partial charge >= 0.3 is 5.97 Å². The Hall–Kier alpha value is -2.10. The lowest BCUT2D eigenvalue weighted by Gasteiger charge is -2.33. The maximum Gasteiger partial charge on any atom is 0.335 e. The van der Waals surface area contributed by atoms with Gasteiger partial charge in [-0.05, 0) is 49.7 Å². The number of carboxylic acids is 1. The first-order chi connectivity index (χ1) is 11.1. The van der Waals surface area contributed by atoms with E-state index in [1.54, 1.807) is 12.1 Å². The molecule has 0 aromatic heterocycles. The van der Waals surface area contributed by atoms with Gasteiger partial charge in [-0.15, -0.1) is 0 Å². The summed E-state index contributed by atoms with van der Waals surface area (Å²) >= 11 is 0. The summed E-state index contributed by atoms with van der Waals surface area (Å²) in [6.45, 7) is 1.60. The quantitative estimate of drug-likeness (QED) is 0.869.